The number of aromatic amines is 1. The van der Waals surface area contributed by atoms with Crippen LogP contribution in [0.25, 0.3) is 0 Å². The summed E-state index contributed by atoms with van der Waals surface area (Å²) < 4.78 is 28.0. The molecule has 0 saturated carbocycles. The Morgan fingerprint density at radius 3 is 2.74 bits per heavy atom. The third-order valence-corrected chi connectivity index (χ3v) is 3.86. The van der Waals surface area contributed by atoms with Crippen molar-refractivity contribution in [2.45, 2.75) is 24.8 Å². The molecule has 102 valence electrons. The van der Waals surface area contributed by atoms with Crippen LogP contribution in [0, 0.1) is 0 Å². The molecule has 0 aromatic carbocycles. The Bertz CT molecular complexity index is 730. The molecule has 19 heavy (non-hydrogen) atoms. The molecule has 0 fully saturated rings. The Hall–Kier alpha value is -2.09. The van der Waals surface area contributed by atoms with Crippen molar-refractivity contribution in [3.63, 3.8) is 0 Å². The number of anilines is 1. The van der Waals surface area contributed by atoms with Gasteiger partial charge in [-0.05, 0) is 13.8 Å². The van der Waals surface area contributed by atoms with Gasteiger partial charge in [-0.2, -0.15) is 5.10 Å². The molecule has 0 saturated heterocycles. The van der Waals surface area contributed by atoms with Gasteiger partial charge in [0.25, 0.3) is 10.0 Å². The summed E-state index contributed by atoms with van der Waals surface area (Å²) in [5.41, 5.74) is -0.251. The summed E-state index contributed by atoms with van der Waals surface area (Å²) in [6.07, 6.45) is 5.49. The van der Waals surface area contributed by atoms with E-state index in [-0.39, 0.29) is 10.9 Å². The van der Waals surface area contributed by atoms with Gasteiger partial charge in [0.05, 0.1) is 11.9 Å². The molecular formula is C11H14N4O3S. The molecule has 2 aromatic rings. The summed E-state index contributed by atoms with van der Waals surface area (Å²) in [6.45, 7) is 3.85. The van der Waals surface area contributed by atoms with Crippen LogP contribution in [-0.2, 0) is 10.0 Å². The molecule has 2 rings (SSSR count). The van der Waals surface area contributed by atoms with Crippen molar-refractivity contribution < 1.29 is 8.42 Å². The zero-order valence-electron chi connectivity index (χ0n) is 10.5. The van der Waals surface area contributed by atoms with E-state index in [4.69, 9.17) is 0 Å². The van der Waals surface area contributed by atoms with E-state index in [1.54, 1.807) is 10.9 Å². The monoisotopic (exact) mass is 282 g/mol. The lowest BCUT2D eigenvalue weighted by atomic mass is 10.4. The zero-order valence-corrected chi connectivity index (χ0v) is 11.3. The molecule has 0 bridgehead atoms. The van der Waals surface area contributed by atoms with Gasteiger partial charge in [0.15, 0.2) is 4.90 Å². The molecule has 2 heterocycles. The van der Waals surface area contributed by atoms with Gasteiger partial charge in [-0.3, -0.25) is 14.2 Å². The molecule has 0 aliphatic carbocycles. The van der Waals surface area contributed by atoms with Crippen LogP contribution in [0.1, 0.15) is 19.9 Å². The maximum absolute atomic E-state index is 12.0. The van der Waals surface area contributed by atoms with Gasteiger partial charge >= 0.3 is 0 Å². The normalized spacial score (nSPS) is 11.7. The fourth-order valence-electron chi connectivity index (χ4n) is 1.49. The number of nitrogens with zero attached hydrogens (tertiary/aromatic N) is 2. The predicted molar refractivity (Wildman–Crippen MR) is 70.5 cm³/mol. The average Bonchev–Trinajstić information content (AvgIpc) is 2.77. The van der Waals surface area contributed by atoms with E-state index in [0.717, 1.165) is 12.3 Å². The van der Waals surface area contributed by atoms with E-state index in [1.807, 2.05) is 13.8 Å². The standard InChI is InChI=1S/C11H14N4O3S/c1-8(2)15-7-9(5-13-15)14-19(17,18)11-6-12-4-3-10(11)16/h3-8,14H,1-2H3,(H,12,16). The number of pyridine rings is 1. The Labute approximate surface area is 110 Å². The van der Waals surface area contributed by atoms with E-state index < -0.39 is 15.5 Å². The number of H-pyrrole nitrogens is 1. The molecule has 7 nitrogen and oxygen atoms in total. The summed E-state index contributed by atoms with van der Waals surface area (Å²) in [5, 5.41) is 4.02. The Morgan fingerprint density at radius 2 is 2.16 bits per heavy atom. The Balaban J connectivity index is 2.31. The molecule has 0 atom stereocenters. The first-order chi connectivity index (χ1) is 8.90. The fourth-order valence-corrected chi connectivity index (χ4v) is 2.58. The third kappa shape index (κ3) is 2.84. The third-order valence-electron chi connectivity index (χ3n) is 2.46. The highest BCUT2D eigenvalue weighted by Crippen LogP contribution is 2.14. The lowest BCUT2D eigenvalue weighted by molar-refractivity contribution is 0.532. The highest BCUT2D eigenvalue weighted by Gasteiger charge is 2.18. The van der Waals surface area contributed by atoms with Gasteiger partial charge in [0, 0.05) is 30.7 Å². The van der Waals surface area contributed by atoms with Gasteiger partial charge in [-0.15, -0.1) is 0 Å². The molecule has 0 radical (unpaired) electrons. The van der Waals surface area contributed by atoms with Crippen LogP contribution in [0.15, 0.2) is 40.5 Å². The fraction of sp³-hybridized carbons (Fsp3) is 0.273. The SMILES string of the molecule is CC(C)n1cc(NS(=O)(=O)c2c[nH]ccc2=O)cn1. The predicted octanol–water partition coefficient (Wildman–Crippen LogP) is 0.953. The first-order valence-electron chi connectivity index (χ1n) is 5.64. The van der Waals surface area contributed by atoms with E-state index in [9.17, 15) is 13.2 Å². The molecule has 0 aliphatic rings. The second-order valence-electron chi connectivity index (χ2n) is 4.28. The summed E-state index contributed by atoms with van der Waals surface area (Å²) in [5.74, 6) is 0. The van der Waals surface area contributed by atoms with Crippen molar-refractivity contribution in [1.82, 2.24) is 14.8 Å². The highest BCUT2D eigenvalue weighted by molar-refractivity contribution is 7.92. The van der Waals surface area contributed by atoms with Crippen molar-refractivity contribution in [3.05, 3.63) is 41.1 Å². The summed E-state index contributed by atoms with van der Waals surface area (Å²) in [6, 6.07) is 1.28. The molecule has 0 aliphatic heterocycles. The van der Waals surface area contributed by atoms with Crippen molar-refractivity contribution in [2.75, 3.05) is 4.72 Å². The molecule has 0 unspecified atom stereocenters. The van der Waals surface area contributed by atoms with Crippen LogP contribution in [0.2, 0.25) is 0 Å². The first kappa shape index (κ1) is 13.3. The molecule has 8 heteroatoms. The van der Waals surface area contributed by atoms with Crippen LogP contribution >= 0.6 is 0 Å². The van der Waals surface area contributed by atoms with Gasteiger partial charge < -0.3 is 4.98 Å². The number of nitrogens with one attached hydrogen (secondary N) is 2. The van der Waals surface area contributed by atoms with Crippen LogP contribution in [0.4, 0.5) is 5.69 Å². The number of sulfonamides is 1. The number of hydrogen-bond donors (Lipinski definition) is 2. The largest absolute Gasteiger partial charge is 0.366 e. The number of hydrogen-bond acceptors (Lipinski definition) is 4. The van der Waals surface area contributed by atoms with Crippen LogP contribution < -0.4 is 10.2 Å². The van der Waals surface area contributed by atoms with Crippen LogP contribution in [0.3, 0.4) is 0 Å². The number of rotatable bonds is 4. The molecule has 0 amide bonds. The Morgan fingerprint density at radius 1 is 1.42 bits per heavy atom. The average molecular weight is 282 g/mol. The molecule has 2 aromatic heterocycles. The van der Waals surface area contributed by atoms with E-state index in [0.29, 0.717) is 5.69 Å². The van der Waals surface area contributed by atoms with Crippen LogP contribution in [0.5, 0.6) is 0 Å². The van der Waals surface area contributed by atoms with Crippen molar-refractivity contribution in [2.24, 2.45) is 0 Å². The smallest absolute Gasteiger partial charge is 0.267 e. The minimum absolute atomic E-state index is 0.124. The van der Waals surface area contributed by atoms with Gasteiger partial charge in [0.1, 0.15) is 0 Å². The lowest BCUT2D eigenvalue weighted by Crippen LogP contribution is -2.20. The van der Waals surface area contributed by atoms with E-state index >= 15 is 0 Å². The summed E-state index contributed by atoms with van der Waals surface area (Å²) in [7, 11) is -3.90. The summed E-state index contributed by atoms with van der Waals surface area (Å²) >= 11 is 0. The number of aromatic nitrogens is 3. The topological polar surface area (TPSA) is 96.9 Å². The van der Waals surface area contributed by atoms with Crippen molar-refractivity contribution in [3.8, 4) is 0 Å². The maximum Gasteiger partial charge on any atom is 0.267 e. The quantitative estimate of drug-likeness (QED) is 0.872. The van der Waals surface area contributed by atoms with Gasteiger partial charge in [-0.1, -0.05) is 0 Å². The maximum atomic E-state index is 12.0. The first-order valence-corrected chi connectivity index (χ1v) is 7.12. The second-order valence-corrected chi connectivity index (χ2v) is 5.93. The second kappa shape index (κ2) is 4.88. The van der Waals surface area contributed by atoms with Crippen molar-refractivity contribution >= 4 is 15.7 Å². The Kier molecular flexibility index (Phi) is 3.43. The van der Waals surface area contributed by atoms with Crippen molar-refractivity contribution in [1.29, 1.82) is 0 Å². The lowest BCUT2D eigenvalue weighted by Gasteiger charge is -2.05. The minimum Gasteiger partial charge on any atom is -0.366 e. The molecule has 0 spiro atoms. The minimum atomic E-state index is -3.90. The van der Waals surface area contributed by atoms with Crippen LogP contribution in [-0.4, -0.2) is 23.2 Å². The summed E-state index contributed by atoms with van der Waals surface area (Å²) in [4.78, 5) is 13.8. The van der Waals surface area contributed by atoms with E-state index in [2.05, 4.69) is 14.8 Å². The van der Waals surface area contributed by atoms with E-state index in [1.165, 1.54) is 12.4 Å². The highest BCUT2D eigenvalue weighted by atomic mass is 32.2. The molecule has 2 N–H and O–H groups in total. The van der Waals surface area contributed by atoms with Gasteiger partial charge in [-0.25, -0.2) is 8.42 Å². The molecular weight excluding hydrogens is 268 g/mol. The zero-order chi connectivity index (χ0) is 14.0. The van der Waals surface area contributed by atoms with Gasteiger partial charge in [0.2, 0.25) is 5.43 Å².